The number of rotatable bonds is 2. The van der Waals surface area contributed by atoms with Gasteiger partial charge in [0.15, 0.2) is 0 Å². The van der Waals surface area contributed by atoms with Crippen LogP contribution in [0.1, 0.15) is 44.1 Å². The Morgan fingerprint density at radius 1 is 1.21 bits per heavy atom. The number of aryl methyl sites for hydroxylation is 1. The largest absolute Gasteiger partial charge is 0.325 e. The molecule has 1 aromatic rings. The second-order valence-corrected chi connectivity index (χ2v) is 6.02. The lowest BCUT2D eigenvalue weighted by Gasteiger charge is -2.39. The summed E-state index contributed by atoms with van der Waals surface area (Å²) in [6.07, 6.45) is 6.98. The smallest absolute Gasteiger partial charge is 0.228 e. The molecule has 2 N–H and O–H groups in total. The van der Waals surface area contributed by atoms with Gasteiger partial charge in [-0.15, -0.1) is 0 Å². The Balaban J connectivity index is 1.81. The number of benzene rings is 1. The van der Waals surface area contributed by atoms with E-state index in [-0.39, 0.29) is 11.4 Å². The first-order valence-electron chi connectivity index (χ1n) is 7.35. The van der Waals surface area contributed by atoms with Crippen LogP contribution in [-0.4, -0.2) is 18.0 Å². The summed E-state index contributed by atoms with van der Waals surface area (Å²) in [6, 6.07) is 8.29. The average Bonchev–Trinajstić information content (AvgIpc) is 2.59. The molecule has 1 aliphatic carbocycles. The fraction of sp³-hybridized carbons (Fsp3) is 0.562. The number of nitrogens with two attached hydrogens (primary N) is 1. The Morgan fingerprint density at radius 2 is 2.00 bits per heavy atom. The molecule has 0 saturated heterocycles. The van der Waals surface area contributed by atoms with Crippen molar-refractivity contribution in [2.75, 3.05) is 11.4 Å². The van der Waals surface area contributed by atoms with Gasteiger partial charge in [0.05, 0.1) is 0 Å². The van der Waals surface area contributed by atoms with E-state index in [0.717, 1.165) is 44.3 Å². The maximum Gasteiger partial charge on any atom is 0.228 e. The number of anilines is 1. The van der Waals surface area contributed by atoms with Crippen molar-refractivity contribution in [2.45, 2.75) is 50.5 Å². The molecule has 1 amide bonds. The van der Waals surface area contributed by atoms with Crippen LogP contribution in [0.5, 0.6) is 0 Å². The highest BCUT2D eigenvalue weighted by Crippen LogP contribution is 2.34. The molecule has 0 atom stereocenters. The molecule has 0 aromatic heterocycles. The van der Waals surface area contributed by atoms with Crippen molar-refractivity contribution >= 4 is 11.6 Å². The summed E-state index contributed by atoms with van der Waals surface area (Å²) in [7, 11) is 0. The second kappa shape index (κ2) is 4.97. The molecule has 3 heteroatoms. The summed E-state index contributed by atoms with van der Waals surface area (Å²) < 4.78 is 0. The van der Waals surface area contributed by atoms with E-state index >= 15 is 0 Å². The third kappa shape index (κ3) is 2.52. The molecule has 1 saturated carbocycles. The molecule has 0 unspecified atom stereocenters. The van der Waals surface area contributed by atoms with Crippen molar-refractivity contribution in [3.63, 3.8) is 0 Å². The normalized spacial score (nSPS) is 21.2. The van der Waals surface area contributed by atoms with Gasteiger partial charge in [0.25, 0.3) is 0 Å². The van der Waals surface area contributed by atoms with E-state index < -0.39 is 0 Å². The van der Waals surface area contributed by atoms with Crippen LogP contribution < -0.4 is 10.6 Å². The minimum absolute atomic E-state index is 0.205. The van der Waals surface area contributed by atoms with Crippen LogP contribution in [0.2, 0.25) is 0 Å². The van der Waals surface area contributed by atoms with Gasteiger partial charge < -0.3 is 10.6 Å². The average molecular weight is 258 g/mol. The van der Waals surface area contributed by atoms with E-state index in [1.165, 1.54) is 12.0 Å². The zero-order valence-electron chi connectivity index (χ0n) is 11.4. The molecule has 2 aliphatic rings. The first-order chi connectivity index (χ1) is 9.18. The molecule has 1 aromatic carbocycles. The minimum atomic E-state index is -0.224. The molecule has 0 radical (unpaired) electrons. The molecule has 102 valence electrons. The van der Waals surface area contributed by atoms with Crippen molar-refractivity contribution in [1.29, 1.82) is 0 Å². The van der Waals surface area contributed by atoms with E-state index in [1.54, 1.807) is 0 Å². The van der Waals surface area contributed by atoms with E-state index in [9.17, 15) is 4.79 Å². The number of carbonyl (C=O) groups excluding carboxylic acids is 1. The minimum Gasteiger partial charge on any atom is -0.325 e. The van der Waals surface area contributed by atoms with Gasteiger partial charge >= 0.3 is 0 Å². The number of fused-ring (bicyclic) bond motifs is 1. The molecule has 3 rings (SSSR count). The highest BCUT2D eigenvalue weighted by atomic mass is 16.2. The molecular formula is C16H22N2O. The molecule has 0 bridgehead atoms. The topological polar surface area (TPSA) is 46.3 Å². The van der Waals surface area contributed by atoms with E-state index in [4.69, 9.17) is 5.73 Å². The fourth-order valence-corrected chi connectivity index (χ4v) is 3.15. The number of hydrogen-bond acceptors (Lipinski definition) is 2. The maximum absolute atomic E-state index is 12.6. The van der Waals surface area contributed by atoms with E-state index in [1.807, 2.05) is 11.0 Å². The van der Waals surface area contributed by atoms with Crippen molar-refractivity contribution < 1.29 is 4.79 Å². The lowest BCUT2D eigenvalue weighted by Crippen LogP contribution is -2.50. The number of hydrogen-bond donors (Lipinski definition) is 1. The number of amides is 1. The zero-order valence-corrected chi connectivity index (χ0v) is 11.4. The first kappa shape index (κ1) is 12.7. The Kier molecular flexibility index (Phi) is 3.31. The van der Waals surface area contributed by atoms with Crippen LogP contribution in [0, 0.1) is 0 Å². The van der Waals surface area contributed by atoms with Crippen LogP contribution in [0.25, 0.3) is 0 Å². The van der Waals surface area contributed by atoms with E-state index in [2.05, 4.69) is 18.2 Å². The third-order valence-corrected chi connectivity index (χ3v) is 4.51. The highest BCUT2D eigenvalue weighted by Gasteiger charge is 2.36. The summed E-state index contributed by atoms with van der Waals surface area (Å²) in [5.41, 5.74) is 8.40. The van der Waals surface area contributed by atoms with Gasteiger partial charge in [0, 0.05) is 24.2 Å². The Labute approximate surface area is 114 Å². The number of nitrogens with zero attached hydrogens (tertiary/aromatic N) is 1. The molecular weight excluding hydrogens is 236 g/mol. The van der Waals surface area contributed by atoms with E-state index in [0.29, 0.717) is 6.42 Å². The van der Waals surface area contributed by atoms with Crippen LogP contribution >= 0.6 is 0 Å². The van der Waals surface area contributed by atoms with Gasteiger partial charge in [-0.25, -0.2) is 0 Å². The highest BCUT2D eigenvalue weighted by molar-refractivity contribution is 5.95. The Bertz CT molecular complexity index is 479. The van der Waals surface area contributed by atoms with Gasteiger partial charge in [-0.2, -0.15) is 0 Å². The molecule has 19 heavy (non-hydrogen) atoms. The maximum atomic E-state index is 12.6. The standard InChI is InChI=1S/C16H22N2O/c17-16(9-5-10-16)12-15(19)18-11-4-3-7-13-6-1-2-8-14(13)18/h1-2,6,8H,3-5,7,9-12,17H2. The number of carbonyl (C=O) groups is 1. The third-order valence-electron chi connectivity index (χ3n) is 4.51. The summed E-state index contributed by atoms with van der Waals surface area (Å²) in [4.78, 5) is 14.5. The van der Waals surface area contributed by atoms with Crippen molar-refractivity contribution in [3.8, 4) is 0 Å². The zero-order chi connectivity index (χ0) is 13.3. The van der Waals surface area contributed by atoms with Crippen molar-refractivity contribution in [2.24, 2.45) is 5.73 Å². The lowest BCUT2D eigenvalue weighted by molar-refractivity contribution is -0.120. The van der Waals surface area contributed by atoms with Crippen LogP contribution in [0.3, 0.4) is 0 Å². The molecule has 0 spiro atoms. The summed E-state index contributed by atoms with van der Waals surface area (Å²) >= 11 is 0. The van der Waals surface area contributed by atoms with Crippen molar-refractivity contribution in [1.82, 2.24) is 0 Å². The Morgan fingerprint density at radius 3 is 2.74 bits per heavy atom. The predicted molar refractivity (Wildman–Crippen MR) is 77.1 cm³/mol. The summed E-state index contributed by atoms with van der Waals surface area (Å²) in [5.74, 6) is 0.205. The van der Waals surface area contributed by atoms with Gasteiger partial charge in [-0.3, -0.25) is 4.79 Å². The predicted octanol–water partition coefficient (Wildman–Crippen LogP) is 2.63. The monoisotopic (exact) mass is 258 g/mol. The number of para-hydroxylation sites is 1. The second-order valence-electron chi connectivity index (χ2n) is 6.02. The van der Waals surface area contributed by atoms with Crippen LogP contribution in [0.15, 0.2) is 24.3 Å². The van der Waals surface area contributed by atoms with Crippen LogP contribution in [0.4, 0.5) is 5.69 Å². The van der Waals surface area contributed by atoms with Gasteiger partial charge in [0.2, 0.25) is 5.91 Å². The molecule has 1 aliphatic heterocycles. The SMILES string of the molecule is NC1(CC(=O)N2CCCCc3ccccc32)CCC1. The van der Waals surface area contributed by atoms with Gasteiger partial charge in [-0.05, 0) is 50.2 Å². The molecule has 1 heterocycles. The summed E-state index contributed by atoms with van der Waals surface area (Å²) in [6.45, 7) is 0.839. The fourth-order valence-electron chi connectivity index (χ4n) is 3.15. The van der Waals surface area contributed by atoms with Gasteiger partial charge in [-0.1, -0.05) is 18.2 Å². The van der Waals surface area contributed by atoms with Gasteiger partial charge in [0.1, 0.15) is 0 Å². The molecule has 3 nitrogen and oxygen atoms in total. The molecule has 1 fully saturated rings. The lowest BCUT2D eigenvalue weighted by atomic mass is 9.75. The Hall–Kier alpha value is -1.35. The first-order valence-corrected chi connectivity index (χ1v) is 7.35. The quantitative estimate of drug-likeness (QED) is 0.886. The van der Waals surface area contributed by atoms with Crippen molar-refractivity contribution in [3.05, 3.63) is 29.8 Å². The summed E-state index contributed by atoms with van der Waals surface area (Å²) in [5, 5.41) is 0. The van der Waals surface area contributed by atoms with Crippen LogP contribution in [-0.2, 0) is 11.2 Å².